The summed E-state index contributed by atoms with van der Waals surface area (Å²) in [7, 11) is 1.91. The van der Waals surface area contributed by atoms with Crippen LogP contribution in [0.2, 0.25) is 0 Å². The average Bonchev–Trinajstić information content (AvgIpc) is 2.71. The molecule has 0 saturated carbocycles. The van der Waals surface area contributed by atoms with E-state index in [4.69, 9.17) is 4.74 Å². The van der Waals surface area contributed by atoms with Crippen molar-refractivity contribution in [2.75, 3.05) is 0 Å². The van der Waals surface area contributed by atoms with Gasteiger partial charge in [-0.25, -0.2) is 0 Å². The first-order chi connectivity index (χ1) is 9.54. The Hall–Kier alpha value is -1.33. The molecule has 1 atom stereocenters. The van der Waals surface area contributed by atoms with Crippen LogP contribution < -0.4 is 4.74 Å². The largest absolute Gasteiger partial charge is 0.487 e. The lowest BCUT2D eigenvalue weighted by Gasteiger charge is -2.13. The number of aliphatic hydroxyl groups excluding tert-OH is 1. The van der Waals surface area contributed by atoms with E-state index in [0.717, 1.165) is 27.8 Å². The number of rotatable bonds is 5. The molecule has 0 fully saturated rings. The Bertz CT molecular complexity index is 594. The predicted octanol–water partition coefficient (Wildman–Crippen LogP) is 3.38. The van der Waals surface area contributed by atoms with Crippen LogP contribution in [-0.2, 0) is 20.1 Å². The number of nitrogens with zero attached hydrogens (tertiary/aromatic N) is 2. The van der Waals surface area contributed by atoms with Gasteiger partial charge in [0.25, 0.3) is 0 Å². The summed E-state index contributed by atoms with van der Waals surface area (Å²) in [6.07, 6.45) is 0.325. The van der Waals surface area contributed by atoms with Crippen molar-refractivity contribution in [2.24, 2.45) is 7.05 Å². The zero-order valence-corrected chi connectivity index (χ0v) is 13.5. The molecule has 0 bridgehead atoms. The smallest absolute Gasteiger partial charge is 0.131 e. The highest BCUT2D eigenvalue weighted by Gasteiger charge is 2.14. The number of benzene rings is 1. The van der Waals surface area contributed by atoms with E-state index in [0.29, 0.717) is 12.4 Å². The second-order valence-electron chi connectivity index (χ2n) is 4.69. The van der Waals surface area contributed by atoms with Gasteiger partial charge in [0, 0.05) is 12.6 Å². The summed E-state index contributed by atoms with van der Waals surface area (Å²) >= 11 is 3.57. The number of aliphatic hydroxyl groups is 1. The fourth-order valence-electron chi connectivity index (χ4n) is 2.08. The summed E-state index contributed by atoms with van der Waals surface area (Å²) < 4.78 is 8.68. The number of halogens is 1. The Morgan fingerprint density at radius 2 is 2.10 bits per heavy atom. The molecular formula is C15H19BrN2O2. The second kappa shape index (κ2) is 6.41. The molecule has 0 amide bonds. The lowest BCUT2D eigenvalue weighted by molar-refractivity contribution is 0.189. The van der Waals surface area contributed by atoms with Gasteiger partial charge < -0.3 is 9.84 Å². The molecule has 0 radical (unpaired) electrons. The molecule has 1 aromatic carbocycles. The zero-order valence-electron chi connectivity index (χ0n) is 11.9. The second-order valence-corrected chi connectivity index (χ2v) is 5.48. The van der Waals surface area contributed by atoms with E-state index in [2.05, 4.69) is 28.0 Å². The molecule has 1 unspecified atom stereocenters. The quantitative estimate of drug-likeness (QED) is 0.908. The third kappa shape index (κ3) is 3.04. The molecule has 2 rings (SSSR count). The molecule has 1 N–H and O–H groups in total. The standard InChI is InChI=1S/C15H19BrN2O2/c1-4-12-15(16)13(18(3)17-12)9-20-14-8-6-5-7-11(14)10(2)19/h5-8,10,19H,4,9H2,1-3H3. The molecule has 0 aliphatic carbocycles. The van der Waals surface area contributed by atoms with Crippen LogP contribution in [-0.4, -0.2) is 14.9 Å². The van der Waals surface area contributed by atoms with Crippen LogP contribution in [0.3, 0.4) is 0 Å². The first kappa shape index (κ1) is 15.1. The molecule has 1 aromatic heterocycles. The minimum atomic E-state index is -0.549. The molecule has 0 aliphatic rings. The van der Waals surface area contributed by atoms with Crippen molar-refractivity contribution in [3.8, 4) is 5.75 Å². The van der Waals surface area contributed by atoms with Gasteiger partial charge in [-0.05, 0) is 35.3 Å². The van der Waals surface area contributed by atoms with Crippen molar-refractivity contribution in [3.63, 3.8) is 0 Å². The number of ether oxygens (including phenoxy) is 1. The van der Waals surface area contributed by atoms with Gasteiger partial charge >= 0.3 is 0 Å². The summed E-state index contributed by atoms with van der Waals surface area (Å²) in [5, 5.41) is 14.2. The average molecular weight is 339 g/mol. The molecule has 1 heterocycles. The first-order valence-corrected chi connectivity index (χ1v) is 7.43. The molecule has 0 saturated heterocycles. The first-order valence-electron chi connectivity index (χ1n) is 6.64. The Morgan fingerprint density at radius 1 is 1.40 bits per heavy atom. The van der Waals surface area contributed by atoms with E-state index >= 15 is 0 Å². The molecule has 2 aromatic rings. The van der Waals surface area contributed by atoms with Gasteiger partial charge in [-0.1, -0.05) is 25.1 Å². The van der Waals surface area contributed by atoms with E-state index in [9.17, 15) is 5.11 Å². The minimum Gasteiger partial charge on any atom is -0.487 e. The van der Waals surface area contributed by atoms with Crippen LogP contribution in [0, 0.1) is 0 Å². The van der Waals surface area contributed by atoms with E-state index in [1.807, 2.05) is 36.0 Å². The molecule has 0 aliphatic heterocycles. The van der Waals surface area contributed by atoms with Gasteiger partial charge in [0.2, 0.25) is 0 Å². The van der Waals surface area contributed by atoms with Gasteiger partial charge in [0.05, 0.1) is 22.0 Å². The zero-order chi connectivity index (χ0) is 14.7. The Morgan fingerprint density at radius 3 is 2.70 bits per heavy atom. The predicted molar refractivity (Wildman–Crippen MR) is 81.7 cm³/mol. The summed E-state index contributed by atoms with van der Waals surface area (Å²) in [6, 6.07) is 7.53. The van der Waals surface area contributed by atoms with Crippen LogP contribution in [0.4, 0.5) is 0 Å². The third-order valence-corrected chi connectivity index (χ3v) is 4.15. The van der Waals surface area contributed by atoms with Gasteiger partial charge in [-0.3, -0.25) is 4.68 Å². The molecular weight excluding hydrogens is 320 g/mol. The van der Waals surface area contributed by atoms with Crippen molar-refractivity contribution in [2.45, 2.75) is 33.0 Å². The van der Waals surface area contributed by atoms with E-state index in [1.54, 1.807) is 6.92 Å². The molecule has 4 nitrogen and oxygen atoms in total. The summed E-state index contributed by atoms with van der Waals surface area (Å²) in [5.74, 6) is 0.702. The fourth-order valence-corrected chi connectivity index (χ4v) is 2.81. The number of hydrogen-bond acceptors (Lipinski definition) is 3. The minimum absolute atomic E-state index is 0.411. The Kier molecular flexibility index (Phi) is 4.83. The van der Waals surface area contributed by atoms with Crippen LogP contribution in [0.25, 0.3) is 0 Å². The monoisotopic (exact) mass is 338 g/mol. The Balaban J connectivity index is 2.19. The third-order valence-electron chi connectivity index (χ3n) is 3.24. The van der Waals surface area contributed by atoms with Crippen molar-refractivity contribution >= 4 is 15.9 Å². The SMILES string of the molecule is CCc1nn(C)c(COc2ccccc2C(C)O)c1Br. The lowest BCUT2D eigenvalue weighted by Crippen LogP contribution is -2.05. The number of hydrogen-bond donors (Lipinski definition) is 1. The Labute approximate surface area is 127 Å². The molecule has 20 heavy (non-hydrogen) atoms. The summed E-state index contributed by atoms with van der Waals surface area (Å²) in [6.45, 7) is 4.21. The topological polar surface area (TPSA) is 47.3 Å². The summed E-state index contributed by atoms with van der Waals surface area (Å²) in [4.78, 5) is 0. The van der Waals surface area contributed by atoms with Gasteiger partial charge in [0.1, 0.15) is 12.4 Å². The number of aryl methyl sites for hydroxylation is 2. The normalized spacial score (nSPS) is 12.4. The van der Waals surface area contributed by atoms with Gasteiger partial charge in [-0.15, -0.1) is 0 Å². The van der Waals surface area contributed by atoms with Crippen LogP contribution in [0.1, 0.15) is 36.9 Å². The van der Waals surface area contributed by atoms with Crippen molar-refractivity contribution < 1.29 is 9.84 Å². The van der Waals surface area contributed by atoms with Crippen molar-refractivity contribution in [1.82, 2.24) is 9.78 Å². The fraction of sp³-hybridized carbons (Fsp3) is 0.400. The van der Waals surface area contributed by atoms with Crippen molar-refractivity contribution in [3.05, 3.63) is 45.7 Å². The van der Waals surface area contributed by atoms with E-state index < -0.39 is 6.10 Å². The highest BCUT2D eigenvalue weighted by Crippen LogP contribution is 2.27. The van der Waals surface area contributed by atoms with Crippen LogP contribution in [0.5, 0.6) is 5.75 Å². The van der Waals surface area contributed by atoms with Crippen LogP contribution >= 0.6 is 15.9 Å². The van der Waals surface area contributed by atoms with E-state index in [-0.39, 0.29) is 0 Å². The van der Waals surface area contributed by atoms with Gasteiger partial charge in [-0.2, -0.15) is 5.10 Å². The summed E-state index contributed by atoms with van der Waals surface area (Å²) in [5.41, 5.74) is 2.80. The maximum Gasteiger partial charge on any atom is 0.131 e. The number of aromatic nitrogens is 2. The van der Waals surface area contributed by atoms with E-state index in [1.165, 1.54) is 0 Å². The van der Waals surface area contributed by atoms with Gasteiger partial charge in [0.15, 0.2) is 0 Å². The highest BCUT2D eigenvalue weighted by molar-refractivity contribution is 9.10. The molecule has 0 spiro atoms. The molecule has 5 heteroatoms. The molecule has 108 valence electrons. The number of para-hydroxylation sites is 1. The maximum absolute atomic E-state index is 9.75. The van der Waals surface area contributed by atoms with Crippen molar-refractivity contribution in [1.29, 1.82) is 0 Å². The highest BCUT2D eigenvalue weighted by atomic mass is 79.9. The lowest BCUT2D eigenvalue weighted by atomic mass is 10.1. The van der Waals surface area contributed by atoms with Crippen LogP contribution in [0.15, 0.2) is 28.7 Å². The maximum atomic E-state index is 9.75.